The Kier molecular flexibility index (Phi) is 7.55. The summed E-state index contributed by atoms with van der Waals surface area (Å²) in [6.45, 7) is 5.97. The highest BCUT2D eigenvalue weighted by atomic mass is 32.2. The standard InChI is InChI=1S/C14H22O2S/c1-5-10-13(3)11-8-7-9-12-14(6-2)17(4,15)16/h7-12H,5-6H2,1-4H3/b9-7-,11-8-,13-10+,14-12-. The molecule has 0 aliphatic carbocycles. The van der Waals surface area contributed by atoms with Crippen molar-refractivity contribution in [2.75, 3.05) is 6.26 Å². The Bertz CT molecular complexity index is 435. The van der Waals surface area contributed by atoms with Crippen LogP contribution >= 0.6 is 0 Å². The number of hydrogen-bond donors (Lipinski definition) is 0. The van der Waals surface area contributed by atoms with Gasteiger partial charge < -0.3 is 0 Å². The van der Waals surface area contributed by atoms with Crippen LogP contribution in [-0.2, 0) is 9.84 Å². The van der Waals surface area contributed by atoms with Crippen LogP contribution in [0.3, 0.4) is 0 Å². The molecule has 0 heterocycles. The maximum atomic E-state index is 11.3. The van der Waals surface area contributed by atoms with Crippen LogP contribution in [-0.4, -0.2) is 14.7 Å². The Hall–Kier alpha value is -1.09. The first kappa shape index (κ1) is 15.9. The first-order chi connectivity index (χ1) is 7.91. The third-order valence-electron chi connectivity index (χ3n) is 2.21. The second-order valence-corrected chi connectivity index (χ2v) is 5.93. The van der Waals surface area contributed by atoms with E-state index in [0.717, 1.165) is 6.42 Å². The first-order valence-electron chi connectivity index (χ1n) is 5.82. The van der Waals surface area contributed by atoms with Gasteiger partial charge in [-0.2, -0.15) is 0 Å². The smallest absolute Gasteiger partial charge is 0.171 e. The second kappa shape index (κ2) is 8.07. The zero-order valence-corrected chi connectivity index (χ0v) is 11.9. The van der Waals surface area contributed by atoms with Crippen LogP contribution in [0.5, 0.6) is 0 Å². The molecule has 0 radical (unpaired) electrons. The van der Waals surface area contributed by atoms with Crippen molar-refractivity contribution in [2.24, 2.45) is 0 Å². The van der Waals surface area contributed by atoms with Crippen molar-refractivity contribution < 1.29 is 8.42 Å². The van der Waals surface area contributed by atoms with E-state index in [1.807, 2.05) is 32.1 Å². The largest absolute Gasteiger partial charge is 0.224 e. The molecule has 0 N–H and O–H groups in total. The van der Waals surface area contributed by atoms with Gasteiger partial charge in [0.1, 0.15) is 0 Å². The van der Waals surface area contributed by atoms with Gasteiger partial charge in [-0.15, -0.1) is 0 Å². The van der Waals surface area contributed by atoms with Crippen LogP contribution < -0.4 is 0 Å². The average Bonchev–Trinajstić information content (AvgIpc) is 2.21. The molecule has 0 unspecified atom stereocenters. The molecule has 0 rings (SSSR count). The van der Waals surface area contributed by atoms with Crippen LogP contribution in [0.25, 0.3) is 0 Å². The predicted octanol–water partition coefficient (Wildman–Crippen LogP) is 3.79. The summed E-state index contributed by atoms with van der Waals surface area (Å²) >= 11 is 0. The van der Waals surface area contributed by atoms with Gasteiger partial charge in [0.2, 0.25) is 0 Å². The number of allylic oxidation sites excluding steroid dienone is 8. The quantitative estimate of drug-likeness (QED) is 0.676. The minimum absolute atomic E-state index is 0.461. The Balaban J connectivity index is 4.56. The van der Waals surface area contributed by atoms with E-state index in [0.29, 0.717) is 11.3 Å². The molecule has 0 aromatic rings. The molecule has 0 atom stereocenters. The fourth-order valence-corrected chi connectivity index (χ4v) is 2.18. The van der Waals surface area contributed by atoms with Crippen molar-refractivity contribution in [3.8, 4) is 0 Å². The van der Waals surface area contributed by atoms with Gasteiger partial charge in [-0.25, -0.2) is 8.42 Å². The summed E-state index contributed by atoms with van der Waals surface area (Å²) < 4.78 is 22.6. The van der Waals surface area contributed by atoms with Gasteiger partial charge in [0.25, 0.3) is 0 Å². The topological polar surface area (TPSA) is 34.1 Å². The molecule has 0 fully saturated rings. The van der Waals surface area contributed by atoms with Crippen molar-refractivity contribution >= 4 is 9.84 Å². The fraction of sp³-hybridized carbons (Fsp3) is 0.429. The van der Waals surface area contributed by atoms with Crippen molar-refractivity contribution in [3.05, 3.63) is 46.9 Å². The molecular weight excluding hydrogens is 232 g/mol. The lowest BCUT2D eigenvalue weighted by atomic mass is 10.2. The molecule has 0 aliphatic rings. The minimum Gasteiger partial charge on any atom is -0.224 e. The molecule has 17 heavy (non-hydrogen) atoms. The highest BCUT2D eigenvalue weighted by Crippen LogP contribution is 2.08. The van der Waals surface area contributed by atoms with Crippen molar-refractivity contribution in [1.82, 2.24) is 0 Å². The highest BCUT2D eigenvalue weighted by molar-refractivity contribution is 7.94. The SMILES string of the molecule is CC/C=C(C)/C=C\C=C/C=C(/CC)S(C)(=O)=O. The van der Waals surface area contributed by atoms with E-state index < -0.39 is 9.84 Å². The van der Waals surface area contributed by atoms with Gasteiger partial charge in [0.15, 0.2) is 9.84 Å². The van der Waals surface area contributed by atoms with Gasteiger partial charge >= 0.3 is 0 Å². The molecule has 0 amide bonds. The monoisotopic (exact) mass is 254 g/mol. The van der Waals surface area contributed by atoms with Gasteiger partial charge in [0.05, 0.1) is 0 Å². The minimum atomic E-state index is -3.05. The molecule has 0 bridgehead atoms. The summed E-state index contributed by atoms with van der Waals surface area (Å²) in [5.74, 6) is 0. The summed E-state index contributed by atoms with van der Waals surface area (Å²) in [5.41, 5.74) is 1.21. The van der Waals surface area contributed by atoms with Crippen LogP contribution in [0, 0.1) is 0 Å². The van der Waals surface area contributed by atoms with E-state index in [1.165, 1.54) is 11.8 Å². The Morgan fingerprint density at radius 1 is 1.12 bits per heavy atom. The van der Waals surface area contributed by atoms with E-state index in [9.17, 15) is 8.42 Å². The van der Waals surface area contributed by atoms with E-state index >= 15 is 0 Å². The van der Waals surface area contributed by atoms with Crippen LogP contribution in [0.2, 0.25) is 0 Å². The van der Waals surface area contributed by atoms with Crippen LogP contribution in [0.15, 0.2) is 46.9 Å². The summed E-state index contributed by atoms with van der Waals surface area (Å²) in [6, 6.07) is 0. The number of sulfone groups is 1. The molecule has 96 valence electrons. The summed E-state index contributed by atoms with van der Waals surface area (Å²) in [4.78, 5) is 0.461. The first-order valence-corrected chi connectivity index (χ1v) is 7.71. The van der Waals surface area contributed by atoms with Crippen molar-refractivity contribution in [2.45, 2.75) is 33.6 Å². The highest BCUT2D eigenvalue weighted by Gasteiger charge is 2.06. The summed E-state index contributed by atoms with van der Waals surface area (Å²) in [5, 5.41) is 0. The average molecular weight is 254 g/mol. The maximum Gasteiger partial charge on any atom is 0.171 e. The lowest BCUT2D eigenvalue weighted by molar-refractivity contribution is 0.606. The zero-order valence-electron chi connectivity index (χ0n) is 11.1. The third kappa shape index (κ3) is 7.75. The molecule has 0 aromatic heterocycles. The van der Waals surface area contributed by atoms with Crippen molar-refractivity contribution in [3.63, 3.8) is 0 Å². The number of hydrogen-bond acceptors (Lipinski definition) is 2. The lowest BCUT2D eigenvalue weighted by Gasteiger charge is -1.97. The molecule has 0 aromatic carbocycles. The molecule has 2 nitrogen and oxygen atoms in total. The molecular formula is C14H22O2S. The Morgan fingerprint density at radius 2 is 1.76 bits per heavy atom. The van der Waals surface area contributed by atoms with E-state index in [1.54, 1.807) is 12.2 Å². The van der Waals surface area contributed by atoms with Gasteiger partial charge in [-0.05, 0) is 25.8 Å². The molecule has 0 saturated carbocycles. The normalized spacial score (nSPS) is 15.1. The number of rotatable bonds is 6. The summed E-state index contributed by atoms with van der Waals surface area (Å²) in [6.07, 6.45) is 14.1. The van der Waals surface area contributed by atoms with Crippen LogP contribution in [0.1, 0.15) is 33.6 Å². The molecule has 0 saturated heterocycles. The van der Waals surface area contributed by atoms with Gasteiger partial charge in [0, 0.05) is 11.2 Å². The van der Waals surface area contributed by atoms with E-state index in [-0.39, 0.29) is 0 Å². The predicted molar refractivity (Wildman–Crippen MR) is 75.5 cm³/mol. The Labute approximate surface area is 105 Å². The van der Waals surface area contributed by atoms with Crippen LogP contribution in [0.4, 0.5) is 0 Å². The second-order valence-electron chi connectivity index (χ2n) is 3.86. The third-order valence-corrected chi connectivity index (χ3v) is 3.59. The van der Waals surface area contributed by atoms with E-state index in [4.69, 9.17) is 0 Å². The van der Waals surface area contributed by atoms with E-state index in [2.05, 4.69) is 13.0 Å². The summed E-state index contributed by atoms with van der Waals surface area (Å²) in [7, 11) is -3.05. The molecule has 3 heteroatoms. The zero-order chi connectivity index (χ0) is 13.3. The maximum absolute atomic E-state index is 11.3. The van der Waals surface area contributed by atoms with Crippen molar-refractivity contribution in [1.29, 1.82) is 0 Å². The Morgan fingerprint density at radius 3 is 2.24 bits per heavy atom. The van der Waals surface area contributed by atoms with Gasteiger partial charge in [-0.1, -0.05) is 49.8 Å². The fourth-order valence-electron chi connectivity index (χ4n) is 1.33. The van der Waals surface area contributed by atoms with Gasteiger partial charge in [-0.3, -0.25) is 0 Å². The molecule has 0 spiro atoms. The lowest BCUT2D eigenvalue weighted by Crippen LogP contribution is -1.98. The molecule has 0 aliphatic heterocycles.